The quantitative estimate of drug-likeness (QED) is 0.517. The van der Waals surface area contributed by atoms with Crippen LogP contribution in [0.4, 0.5) is 5.95 Å². The first-order valence-corrected chi connectivity index (χ1v) is 7.82. The monoisotopic (exact) mass is 315 g/mol. The topological polar surface area (TPSA) is 104 Å². The van der Waals surface area contributed by atoms with Crippen LogP contribution in [0.25, 0.3) is 11.0 Å². The molecule has 8 heteroatoms. The molecule has 0 spiro atoms. The molecule has 3 rings (SSSR count). The van der Waals surface area contributed by atoms with E-state index in [0.717, 1.165) is 0 Å². The minimum absolute atomic E-state index is 1.19. The maximum absolute atomic E-state index is 8.49. The van der Waals surface area contributed by atoms with Gasteiger partial charge in [-0.2, -0.15) is 0 Å². The maximum Gasteiger partial charge on any atom is 0.360 e. The number of aryl methyl sites for hydroxylation is 2. The zero-order valence-electron chi connectivity index (χ0n) is 12.0. The largest absolute Gasteiger partial charge is 0.360 e. The molecule has 1 aliphatic rings. The molecule has 0 amide bonds. The Morgan fingerprint density at radius 1 is 1.05 bits per heavy atom. The van der Waals surface area contributed by atoms with E-state index in [0.29, 0.717) is 0 Å². The molecule has 0 radical (unpaired) electrons. The highest BCUT2D eigenvalue weighted by Gasteiger charge is 2.27. The molecule has 1 aromatic carbocycles. The Bertz CT molecular complexity index is 573. The molecule has 1 aliphatic heterocycles. The first kappa shape index (κ1) is 16.0. The van der Waals surface area contributed by atoms with E-state index in [-0.39, 0.29) is 0 Å². The molecule has 21 heavy (non-hydrogen) atoms. The SMILES string of the molecule is Cn1c(N2CCCC2)[n+](C)c2ccccc21.[O-][Cl+3]([O-])([O-])[O-]. The lowest BCUT2D eigenvalue weighted by molar-refractivity contribution is -2.00. The summed E-state index contributed by atoms with van der Waals surface area (Å²) < 4.78 is 38.6. The second-order valence-electron chi connectivity index (χ2n) is 4.98. The van der Waals surface area contributed by atoms with Crippen molar-refractivity contribution in [1.82, 2.24) is 4.57 Å². The zero-order chi connectivity index (χ0) is 15.6. The summed E-state index contributed by atoms with van der Waals surface area (Å²) in [6.45, 7) is 2.38. The molecule has 116 valence electrons. The Morgan fingerprint density at radius 2 is 1.57 bits per heavy atom. The Balaban J connectivity index is 0.000000282. The van der Waals surface area contributed by atoms with Crippen molar-refractivity contribution < 1.29 is 33.4 Å². The van der Waals surface area contributed by atoms with Crippen molar-refractivity contribution in [3.63, 3.8) is 0 Å². The highest BCUT2D eigenvalue weighted by molar-refractivity contribution is 5.74. The summed E-state index contributed by atoms with van der Waals surface area (Å²) in [5.74, 6) is 1.33. The van der Waals surface area contributed by atoms with Gasteiger partial charge in [-0.15, -0.1) is 10.2 Å². The van der Waals surface area contributed by atoms with Gasteiger partial charge in [-0.25, -0.2) is 27.8 Å². The third-order valence-electron chi connectivity index (χ3n) is 3.59. The van der Waals surface area contributed by atoms with Crippen molar-refractivity contribution in [2.24, 2.45) is 14.1 Å². The van der Waals surface area contributed by atoms with Gasteiger partial charge in [0.1, 0.15) is 11.0 Å². The second-order valence-corrected chi connectivity index (χ2v) is 5.73. The Morgan fingerprint density at radius 3 is 2.10 bits per heavy atom. The molecular formula is C13H18ClN3O4. The Kier molecular flexibility index (Phi) is 4.70. The number of rotatable bonds is 1. The molecule has 1 saturated heterocycles. The van der Waals surface area contributed by atoms with Crippen LogP contribution in [-0.4, -0.2) is 17.7 Å². The molecule has 2 heterocycles. The van der Waals surface area contributed by atoms with Crippen LogP contribution in [0.1, 0.15) is 12.8 Å². The lowest BCUT2D eigenvalue weighted by atomic mass is 10.3. The number of benzene rings is 1. The third kappa shape index (κ3) is 3.84. The van der Waals surface area contributed by atoms with E-state index in [1.165, 1.54) is 42.9 Å². The summed E-state index contributed by atoms with van der Waals surface area (Å²) >= 11 is 0. The van der Waals surface area contributed by atoms with Crippen molar-refractivity contribution in [2.75, 3.05) is 18.0 Å². The molecule has 0 atom stereocenters. The molecule has 1 fully saturated rings. The molecule has 1 aromatic heterocycles. The highest BCUT2D eigenvalue weighted by Crippen LogP contribution is 2.21. The number of aromatic nitrogens is 2. The molecule has 0 aliphatic carbocycles. The van der Waals surface area contributed by atoms with Crippen molar-refractivity contribution in [3.05, 3.63) is 24.3 Å². The van der Waals surface area contributed by atoms with Crippen LogP contribution in [0.5, 0.6) is 0 Å². The molecule has 0 bridgehead atoms. The lowest BCUT2D eigenvalue weighted by Crippen LogP contribution is -2.68. The number of anilines is 1. The number of hydrogen-bond donors (Lipinski definition) is 0. The summed E-state index contributed by atoms with van der Waals surface area (Å²) in [7, 11) is -0.619. The summed E-state index contributed by atoms with van der Waals surface area (Å²) in [4.78, 5) is 2.49. The fourth-order valence-corrected chi connectivity index (χ4v) is 2.81. The average molecular weight is 316 g/mol. The van der Waals surface area contributed by atoms with Gasteiger partial charge in [0.05, 0.1) is 27.2 Å². The molecule has 0 N–H and O–H groups in total. The van der Waals surface area contributed by atoms with Gasteiger partial charge >= 0.3 is 5.95 Å². The van der Waals surface area contributed by atoms with Crippen LogP contribution in [0.3, 0.4) is 0 Å². The van der Waals surface area contributed by atoms with Gasteiger partial charge in [-0.05, 0) is 25.0 Å². The van der Waals surface area contributed by atoms with Crippen LogP contribution >= 0.6 is 0 Å². The number of imidazole rings is 1. The third-order valence-corrected chi connectivity index (χ3v) is 3.59. The van der Waals surface area contributed by atoms with Gasteiger partial charge in [0, 0.05) is 0 Å². The number of fused-ring (bicyclic) bond motifs is 1. The van der Waals surface area contributed by atoms with E-state index < -0.39 is 10.2 Å². The highest BCUT2D eigenvalue weighted by atomic mass is 35.7. The minimum Gasteiger partial charge on any atom is -0.264 e. The van der Waals surface area contributed by atoms with Crippen molar-refractivity contribution >= 4 is 17.0 Å². The van der Waals surface area contributed by atoms with Crippen LogP contribution in [0.15, 0.2) is 24.3 Å². The van der Waals surface area contributed by atoms with Gasteiger partial charge in [-0.3, -0.25) is 4.90 Å². The van der Waals surface area contributed by atoms with Crippen LogP contribution in [-0.2, 0) is 14.1 Å². The number of halogens is 1. The van der Waals surface area contributed by atoms with E-state index in [2.05, 4.69) is 52.4 Å². The molecular weight excluding hydrogens is 298 g/mol. The van der Waals surface area contributed by atoms with Gasteiger partial charge in [0.25, 0.3) is 0 Å². The molecule has 2 aromatic rings. The predicted octanol–water partition coefficient (Wildman–Crippen LogP) is -3.15. The van der Waals surface area contributed by atoms with E-state index >= 15 is 0 Å². The Hall–Kier alpha value is -1.38. The average Bonchev–Trinajstić information content (AvgIpc) is 2.97. The van der Waals surface area contributed by atoms with Gasteiger partial charge in [0.2, 0.25) is 0 Å². The van der Waals surface area contributed by atoms with Gasteiger partial charge < -0.3 is 0 Å². The predicted molar refractivity (Wildman–Crippen MR) is 65.5 cm³/mol. The van der Waals surface area contributed by atoms with E-state index in [9.17, 15) is 0 Å². The van der Waals surface area contributed by atoms with Crippen LogP contribution in [0.2, 0.25) is 0 Å². The summed E-state index contributed by atoms with van der Waals surface area (Å²) in [5, 5.41) is 0. The van der Waals surface area contributed by atoms with E-state index in [4.69, 9.17) is 18.6 Å². The van der Waals surface area contributed by atoms with Crippen molar-refractivity contribution in [1.29, 1.82) is 0 Å². The number of nitrogens with zero attached hydrogens (tertiary/aromatic N) is 3. The first-order valence-electron chi connectivity index (χ1n) is 6.59. The normalized spacial score (nSPS) is 15.2. The summed E-state index contributed by atoms with van der Waals surface area (Å²) in [5.41, 5.74) is 2.62. The van der Waals surface area contributed by atoms with Gasteiger partial charge in [-0.1, -0.05) is 12.1 Å². The van der Waals surface area contributed by atoms with Gasteiger partial charge in [0.15, 0.2) is 0 Å². The smallest absolute Gasteiger partial charge is 0.264 e. The van der Waals surface area contributed by atoms with E-state index in [1.807, 2.05) is 0 Å². The first-order chi connectivity index (χ1) is 9.79. The molecule has 0 saturated carbocycles. The maximum atomic E-state index is 8.49. The summed E-state index contributed by atoms with van der Waals surface area (Å²) in [6, 6.07) is 8.59. The lowest BCUT2D eigenvalue weighted by Gasteiger charge is -2.17. The van der Waals surface area contributed by atoms with E-state index in [1.54, 1.807) is 0 Å². The number of para-hydroxylation sites is 2. The zero-order valence-corrected chi connectivity index (χ0v) is 12.7. The minimum atomic E-state index is -4.94. The van der Waals surface area contributed by atoms with Crippen molar-refractivity contribution in [2.45, 2.75) is 12.8 Å². The second kappa shape index (κ2) is 6.17. The molecule has 0 unspecified atom stereocenters. The fourth-order valence-electron chi connectivity index (χ4n) is 2.81. The number of hydrogen-bond acceptors (Lipinski definition) is 5. The Labute approximate surface area is 125 Å². The molecule has 7 nitrogen and oxygen atoms in total. The van der Waals surface area contributed by atoms with Crippen LogP contribution in [0, 0.1) is 10.2 Å². The van der Waals surface area contributed by atoms with Crippen LogP contribution < -0.4 is 28.1 Å². The summed E-state index contributed by atoms with van der Waals surface area (Å²) in [6.07, 6.45) is 2.64. The fraction of sp³-hybridized carbons (Fsp3) is 0.462. The standard InChI is InChI=1S/C13H18N3.ClHO4/c1-14-11-7-3-4-8-12(11)15(2)13(14)16-9-5-6-10-16;2-1(3,4)5/h3-4,7-8H,5-6,9-10H2,1-2H3;(H,2,3,4,5)/q+1;/p-1. The van der Waals surface area contributed by atoms with Crippen molar-refractivity contribution in [3.8, 4) is 0 Å².